The van der Waals surface area contributed by atoms with Gasteiger partial charge in [0.15, 0.2) is 0 Å². The minimum absolute atomic E-state index is 0.00660. The van der Waals surface area contributed by atoms with Gasteiger partial charge in [0.2, 0.25) is 5.91 Å². The van der Waals surface area contributed by atoms with Gasteiger partial charge in [0.05, 0.1) is 24.5 Å². The number of aromatic amines is 1. The predicted octanol–water partition coefficient (Wildman–Crippen LogP) is 2.15. The van der Waals surface area contributed by atoms with Crippen LogP contribution in [-0.2, 0) is 17.8 Å². The third kappa shape index (κ3) is 2.52. The average Bonchev–Trinajstić information content (AvgIpc) is 2.97. The van der Waals surface area contributed by atoms with Gasteiger partial charge >= 0.3 is 0 Å². The zero-order valence-electron chi connectivity index (χ0n) is 10.7. The second kappa shape index (κ2) is 5.26. The third-order valence-corrected chi connectivity index (χ3v) is 3.69. The maximum absolute atomic E-state index is 12.3. The Kier molecular flexibility index (Phi) is 3.31. The SMILES string of the molecule is O=C(NCc1cnc[nH]1)C1CCCc2ccccc21. The summed E-state index contributed by atoms with van der Waals surface area (Å²) in [5.74, 6) is 0.106. The minimum Gasteiger partial charge on any atom is -0.350 e. The van der Waals surface area contributed by atoms with Gasteiger partial charge < -0.3 is 10.3 Å². The fourth-order valence-electron chi connectivity index (χ4n) is 2.71. The maximum Gasteiger partial charge on any atom is 0.227 e. The number of benzene rings is 1. The quantitative estimate of drug-likeness (QED) is 0.883. The van der Waals surface area contributed by atoms with Crippen LogP contribution in [0.25, 0.3) is 0 Å². The molecule has 1 unspecified atom stereocenters. The lowest BCUT2D eigenvalue weighted by Crippen LogP contribution is -2.31. The molecule has 2 N–H and O–H groups in total. The zero-order chi connectivity index (χ0) is 13.1. The summed E-state index contributed by atoms with van der Waals surface area (Å²) in [4.78, 5) is 19.2. The number of carbonyl (C=O) groups excluding carboxylic acids is 1. The molecule has 19 heavy (non-hydrogen) atoms. The summed E-state index contributed by atoms with van der Waals surface area (Å²) in [5.41, 5.74) is 3.43. The average molecular weight is 255 g/mol. The van der Waals surface area contributed by atoms with Gasteiger partial charge in [0.25, 0.3) is 0 Å². The molecule has 1 amide bonds. The number of aromatic nitrogens is 2. The topological polar surface area (TPSA) is 57.8 Å². The van der Waals surface area contributed by atoms with Crippen molar-refractivity contribution in [2.24, 2.45) is 0 Å². The lowest BCUT2D eigenvalue weighted by Gasteiger charge is -2.24. The highest BCUT2D eigenvalue weighted by molar-refractivity contribution is 5.84. The molecule has 1 aliphatic carbocycles. The normalized spacial score (nSPS) is 17.8. The van der Waals surface area contributed by atoms with Gasteiger partial charge in [-0.15, -0.1) is 0 Å². The molecular formula is C15H17N3O. The molecule has 0 saturated heterocycles. The molecule has 4 heteroatoms. The van der Waals surface area contributed by atoms with Crippen molar-refractivity contribution < 1.29 is 4.79 Å². The standard InChI is InChI=1S/C15H17N3O/c19-15(17-9-12-8-16-10-18-12)14-7-3-5-11-4-1-2-6-13(11)14/h1-2,4,6,8,10,14H,3,5,7,9H2,(H,16,18)(H,17,19). The predicted molar refractivity (Wildman–Crippen MR) is 72.6 cm³/mol. The molecule has 4 nitrogen and oxygen atoms in total. The fourth-order valence-corrected chi connectivity index (χ4v) is 2.71. The van der Waals surface area contributed by atoms with E-state index in [4.69, 9.17) is 0 Å². The van der Waals surface area contributed by atoms with Crippen LogP contribution in [0.1, 0.15) is 35.6 Å². The highest BCUT2D eigenvalue weighted by Crippen LogP contribution is 2.31. The Morgan fingerprint density at radius 1 is 1.42 bits per heavy atom. The van der Waals surface area contributed by atoms with Gasteiger partial charge in [-0.3, -0.25) is 4.79 Å². The van der Waals surface area contributed by atoms with Crippen LogP contribution in [0.2, 0.25) is 0 Å². The Morgan fingerprint density at radius 2 is 2.32 bits per heavy atom. The van der Waals surface area contributed by atoms with E-state index in [9.17, 15) is 4.79 Å². The van der Waals surface area contributed by atoms with Crippen LogP contribution in [0.3, 0.4) is 0 Å². The number of nitrogens with one attached hydrogen (secondary N) is 2. The molecule has 0 saturated carbocycles. The van der Waals surface area contributed by atoms with E-state index in [1.54, 1.807) is 12.5 Å². The summed E-state index contributed by atoms with van der Waals surface area (Å²) in [5, 5.41) is 2.99. The monoisotopic (exact) mass is 255 g/mol. The Labute approximate surface area is 112 Å². The second-order valence-corrected chi connectivity index (χ2v) is 4.94. The van der Waals surface area contributed by atoms with Crippen LogP contribution >= 0.6 is 0 Å². The van der Waals surface area contributed by atoms with Gasteiger partial charge in [-0.2, -0.15) is 0 Å². The van der Waals surface area contributed by atoms with E-state index in [0.717, 1.165) is 25.0 Å². The molecule has 0 radical (unpaired) electrons. The summed E-state index contributed by atoms with van der Waals surface area (Å²) in [6.07, 6.45) is 6.46. The minimum atomic E-state index is -0.00660. The number of nitrogens with zero attached hydrogens (tertiary/aromatic N) is 1. The molecule has 1 aromatic heterocycles. The van der Waals surface area contributed by atoms with Crippen LogP contribution in [0.5, 0.6) is 0 Å². The van der Waals surface area contributed by atoms with Crippen molar-refractivity contribution in [1.29, 1.82) is 0 Å². The van der Waals surface area contributed by atoms with E-state index in [-0.39, 0.29) is 11.8 Å². The van der Waals surface area contributed by atoms with Gasteiger partial charge in [0.1, 0.15) is 0 Å². The van der Waals surface area contributed by atoms with Crippen molar-refractivity contribution in [3.63, 3.8) is 0 Å². The van der Waals surface area contributed by atoms with Crippen LogP contribution < -0.4 is 5.32 Å². The van der Waals surface area contributed by atoms with Crippen LogP contribution in [0.15, 0.2) is 36.8 Å². The van der Waals surface area contributed by atoms with Crippen molar-refractivity contribution in [3.05, 3.63) is 53.6 Å². The summed E-state index contributed by atoms with van der Waals surface area (Å²) in [7, 11) is 0. The number of H-pyrrole nitrogens is 1. The van der Waals surface area contributed by atoms with Gasteiger partial charge in [-0.25, -0.2) is 4.98 Å². The van der Waals surface area contributed by atoms with Crippen molar-refractivity contribution in [3.8, 4) is 0 Å². The van der Waals surface area contributed by atoms with Crippen molar-refractivity contribution in [2.45, 2.75) is 31.7 Å². The van der Waals surface area contributed by atoms with E-state index in [1.807, 2.05) is 12.1 Å². The number of hydrogen-bond acceptors (Lipinski definition) is 2. The summed E-state index contributed by atoms with van der Waals surface area (Å²) >= 11 is 0. The van der Waals surface area contributed by atoms with Crippen molar-refractivity contribution in [2.75, 3.05) is 0 Å². The first-order chi connectivity index (χ1) is 9.34. The Balaban J connectivity index is 1.71. The van der Waals surface area contributed by atoms with Crippen LogP contribution in [0, 0.1) is 0 Å². The van der Waals surface area contributed by atoms with Crippen molar-refractivity contribution in [1.82, 2.24) is 15.3 Å². The molecule has 3 rings (SSSR count). The largest absolute Gasteiger partial charge is 0.350 e. The van der Waals surface area contributed by atoms with Gasteiger partial charge in [-0.1, -0.05) is 24.3 Å². The van der Waals surface area contributed by atoms with E-state index >= 15 is 0 Å². The van der Waals surface area contributed by atoms with Crippen LogP contribution in [0.4, 0.5) is 0 Å². The second-order valence-electron chi connectivity index (χ2n) is 4.94. The molecule has 1 atom stereocenters. The molecule has 0 fully saturated rings. The number of imidazole rings is 1. The lowest BCUT2D eigenvalue weighted by atomic mass is 9.82. The Bertz CT molecular complexity index is 563. The third-order valence-electron chi connectivity index (χ3n) is 3.69. The molecule has 0 spiro atoms. The van der Waals surface area contributed by atoms with E-state index in [2.05, 4.69) is 27.4 Å². The van der Waals surface area contributed by atoms with Gasteiger partial charge in [0, 0.05) is 6.20 Å². The first kappa shape index (κ1) is 12.0. The number of carbonyl (C=O) groups is 1. The number of amides is 1. The van der Waals surface area contributed by atoms with E-state index in [1.165, 1.54) is 11.1 Å². The summed E-state index contributed by atoms with van der Waals surface area (Å²) in [6.45, 7) is 0.511. The summed E-state index contributed by atoms with van der Waals surface area (Å²) < 4.78 is 0. The highest BCUT2D eigenvalue weighted by Gasteiger charge is 2.25. The maximum atomic E-state index is 12.3. The smallest absolute Gasteiger partial charge is 0.227 e. The van der Waals surface area contributed by atoms with Crippen LogP contribution in [-0.4, -0.2) is 15.9 Å². The van der Waals surface area contributed by atoms with E-state index in [0.29, 0.717) is 6.54 Å². The first-order valence-corrected chi connectivity index (χ1v) is 6.67. The number of aryl methyl sites for hydroxylation is 1. The molecule has 0 bridgehead atoms. The molecule has 1 aliphatic rings. The molecule has 0 aliphatic heterocycles. The lowest BCUT2D eigenvalue weighted by molar-refractivity contribution is -0.123. The number of fused-ring (bicyclic) bond motifs is 1. The molecule has 1 aromatic carbocycles. The molecular weight excluding hydrogens is 238 g/mol. The Morgan fingerprint density at radius 3 is 3.16 bits per heavy atom. The van der Waals surface area contributed by atoms with Crippen molar-refractivity contribution >= 4 is 5.91 Å². The fraction of sp³-hybridized carbons (Fsp3) is 0.333. The molecule has 2 aromatic rings. The first-order valence-electron chi connectivity index (χ1n) is 6.67. The number of rotatable bonds is 3. The Hall–Kier alpha value is -2.10. The zero-order valence-corrected chi connectivity index (χ0v) is 10.7. The molecule has 1 heterocycles. The highest BCUT2D eigenvalue weighted by atomic mass is 16.1. The number of hydrogen-bond donors (Lipinski definition) is 2. The molecule has 98 valence electrons. The van der Waals surface area contributed by atoms with E-state index < -0.39 is 0 Å². The van der Waals surface area contributed by atoms with Gasteiger partial charge in [-0.05, 0) is 30.4 Å². The summed E-state index contributed by atoms with van der Waals surface area (Å²) in [6, 6.07) is 8.27.